The molecule has 4 heterocycles. The molecule has 3 atom stereocenters. The van der Waals surface area contributed by atoms with E-state index >= 15 is 0 Å². The molecule has 3 aromatic rings. The van der Waals surface area contributed by atoms with E-state index in [0.29, 0.717) is 25.2 Å². The molecule has 196 valence electrons. The summed E-state index contributed by atoms with van der Waals surface area (Å²) in [5, 5.41) is 7.96. The van der Waals surface area contributed by atoms with E-state index in [9.17, 15) is 18.4 Å². The smallest absolute Gasteiger partial charge is 0.413 e. The number of amides is 2. The number of aromatic nitrogens is 4. The van der Waals surface area contributed by atoms with E-state index in [1.807, 2.05) is 56.6 Å². The lowest BCUT2D eigenvalue weighted by Gasteiger charge is -2.37. The van der Waals surface area contributed by atoms with Crippen LogP contribution in [0.25, 0.3) is 22.3 Å². The maximum absolute atomic E-state index is 13.9. The molecule has 12 heteroatoms. The number of halogens is 2. The Hall–Kier alpha value is -3.83. The minimum Gasteiger partial charge on any atom is -0.444 e. The summed E-state index contributed by atoms with van der Waals surface area (Å²) in [5.74, 6) is 0.0115. The molecule has 1 aromatic carbocycles. The van der Waals surface area contributed by atoms with Crippen molar-refractivity contribution in [2.75, 3.05) is 18.4 Å². The van der Waals surface area contributed by atoms with E-state index < -0.39 is 24.2 Å². The lowest BCUT2D eigenvalue weighted by molar-refractivity contribution is -0.0170. The number of benzene rings is 1. The van der Waals surface area contributed by atoms with Gasteiger partial charge in [0.1, 0.15) is 29.1 Å². The number of alkyl halides is 2. The number of fused-ring (bicyclic) bond motifs is 2. The van der Waals surface area contributed by atoms with Gasteiger partial charge in [-0.05, 0) is 39.2 Å². The molecule has 2 aliphatic rings. The summed E-state index contributed by atoms with van der Waals surface area (Å²) in [6.45, 7) is 8.52. The number of carbonyl (C=O) groups is 2. The molecule has 1 N–H and O–H groups in total. The monoisotopic (exact) mass is 514 g/mol. The lowest BCUT2D eigenvalue weighted by Crippen LogP contribution is -2.45. The fourth-order valence-electron chi connectivity index (χ4n) is 4.94. The second kappa shape index (κ2) is 9.24. The van der Waals surface area contributed by atoms with Crippen molar-refractivity contribution in [3.8, 4) is 11.4 Å². The van der Waals surface area contributed by atoms with Crippen molar-refractivity contribution in [2.45, 2.75) is 58.3 Å². The highest BCUT2D eigenvalue weighted by Gasteiger charge is 2.39. The van der Waals surface area contributed by atoms with E-state index in [1.165, 1.54) is 6.33 Å². The number of anilines is 1. The standard InChI is InChI=1S/C25H28F2N6O4/c1-13-11-32(24(35)37-25(2,3)4)10-9-15(13)33-16-8-6-5-7-14(16)18(31-33)19-17-20(21(26)27)36-23(34)30-22(17)29-12-28-19/h5-8,12-13,15,20-21H,9-11H2,1-4H3,(H,28,29,30,34)/t13-,15+,20-/m1/s1. The molecule has 0 radical (unpaired) electrons. The molecule has 0 aliphatic carbocycles. The van der Waals surface area contributed by atoms with Crippen LogP contribution in [0.3, 0.4) is 0 Å². The Balaban J connectivity index is 1.53. The van der Waals surface area contributed by atoms with E-state index in [1.54, 1.807) is 4.90 Å². The van der Waals surface area contributed by atoms with Crippen LogP contribution in [-0.2, 0) is 9.47 Å². The fourth-order valence-corrected chi connectivity index (χ4v) is 4.94. The minimum absolute atomic E-state index is 0.0136. The maximum Gasteiger partial charge on any atom is 0.413 e. The van der Waals surface area contributed by atoms with Crippen LogP contribution in [0.4, 0.5) is 24.2 Å². The van der Waals surface area contributed by atoms with Gasteiger partial charge in [-0.2, -0.15) is 5.10 Å². The molecule has 1 fully saturated rings. The second-order valence-corrected chi connectivity index (χ2v) is 10.3. The Kier molecular flexibility index (Phi) is 6.20. The van der Waals surface area contributed by atoms with E-state index in [-0.39, 0.29) is 35.1 Å². The topological polar surface area (TPSA) is 111 Å². The number of likely N-dealkylation sites (tertiary alicyclic amines) is 1. The van der Waals surface area contributed by atoms with Crippen molar-refractivity contribution < 1.29 is 27.8 Å². The number of hydrogen-bond acceptors (Lipinski definition) is 7. The molecule has 0 saturated carbocycles. The number of piperidine rings is 1. The van der Waals surface area contributed by atoms with E-state index in [2.05, 4.69) is 15.3 Å². The normalized spacial score (nSPS) is 22.0. The van der Waals surface area contributed by atoms with Crippen LogP contribution < -0.4 is 5.32 Å². The van der Waals surface area contributed by atoms with E-state index in [4.69, 9.17) is 14.6 Å². The first kappa shape index (κ1) is 24.8. The van der Waals surface area contributed by atoms with Gasteiger partial charge in [-0.1, -0.05) is 25.1 Å². The van der Waals surface area contributed by atoms with Crippen molar-refractivity contribution >= 4 is 28.9 Å². The Labute approximate surface area is 212 Å². The van der Waals surface area contributed by atoms with Gasteiger partial charge in [0, 0.05) is 18.5 Å². The average Bonchev–Trinajstić information content (AvgIpc) is 3.21. The van der Waals surface area contributed by atoms with Gasteiger partial charge in [-0.3, -0.25) is 10.00 Å². The highest BCUT2D eigenvalue weighted by molar-refractivity contribution is 5.95. The first-order valence-corrected chi connectivity index (χ1v) is 12.1. The summed E-state index contributed by atoms with van der Waals surface area (Å²) in [7, 11) is 0. The van der Waals surface area contributed by atoms with Gasteiger partial charge >= 0.3 is 12.2 Å². The molecule has 37 heavy (non-hydrogen) atoms. The minimum atomic E-state index is -2.97. The predicted octanol–water partition coefficient (Wildman–Crippen LogP) is 5.18. The number of carbonyl (C=O) groups excluding carboxylic acids is 2. The van der Waals surface area contributed by atoms with Crippen LogP contribution in [0, 0.1) is 5.92 Å². The zero-order valence-corrected chi connectivity index (χ0v) is 20.9. The molecule has 2 amide bonds. The molecular formula is C25H28F2N6O4. The highest BCUT2D eigenvalue weighted by Crippen LogP contribution is 2.42. The molecule has 5 rings (SSSR count). The summed E-state index contributed by atoms with van der Waals surface area (Å²) in [4.78, 5) is 34.4. The van der Waals surface area contributed by atoms with Gasteiger partial charge in [-0.25, -0.2) is 28.3 Å². The van der Waals surface area contributed by atoms with Crippen molar-refractivity contribution in [3.63, 3.8) is 0 Å². The van der Waals surface area contributed by atoms with Gasteiger partial charge in [0.15, 0.2) is 6.10 Å². The number of rotatable bonds is 3. The van der Waals surface area contributed by atoms with Crippen LogP contribution in [0.1, 0.15) is 51.8 Å². The number of para-hydroxylation sites is 1. The van der Waals surface area contributed by atoms with Crippen LogP contribution in [0.15, 0.2) is 30.6 Å². The average molecular weight is 515 g/mol. The zero-order valence-electron chi connectivity index (χ0n) is 20.9. The quantitative estimate of drug-likeness (QED) is 0.513. The second-order valence-electron chi connectivity index (χ2n) is 10.3. The molecule has 2 aromatic heterocycles. The van der Waals surface area contributed by atoms with Crippen molar-refractivity contribution in [1.29, 1.82) is 0 Å². The Morgan fingerprint density at radius 2 is 1.97 bits per heavy atom. The zero-order chi connectivity index (χ0) is 26.5. The molecule has 2 aliphatic heterocycles. The number of hydrogen-bond donors (Lipinski definition) is 1. The number of ether oxygens (including phenoxy) is 2. The summed E-state index contributed by atoms with van der Waals surface area (Å²) in [6, 6.07) is 7.42. The van der Waals surface area contributed by atoms with Crippen LogP contribution in [0.5, 0.6) is 0 Å². The predicted molar refractivity (Wildman–Crippen MR) is 130 cm³/mol. The summed E-state index contributed by atoms with van der Waals surface area (Å²) >= 11 is 0. The van der Waals surface area contributed by atoms with Crippen molar-refractivity contribution in [2.24, 2.45) is 5.92 Å². The first-order valence-electron chi connectivity index (χ1n) is 12.1. The molecule has 0 bridgehead atoms. The van der Waals surface area contributed by atoms with Crippen molar-refractivity contribution in [3.05, 3.63) is 36.2 Å². The van der Waals surface area contributed by atoms with Gasteiger partial charge in [0.25, 0.3) is 6.43 Å². The lowest BCUT2D eigenvalue weighted by atomic mass is 9.94. The van der Waals surface area contributed by atoms with Gasteiger partial charge in [0.05, 0.1) is 17.1 Å². The SMILES string of the molecule is C[C@@H]1CN(C(=O)OC(C)(C)C)CC[C@@H]1n1nc(-c2ncnc3c2[C@H](C(F)F)OC(=O)N3)c2ccccc21. The Morgan fingerprint density at radius 1 is 1.22 bits per heavy atom. The van der Waals surface area contributed by atoms with Crippen LogP contribution in [-0.4, -0.2) is 62.0 Å². The fraction of sp³-hybridized carbons (Fsp3) is 0.480. The van der Waals surface area contributed by atoms with Crippen molar-refractivity contribution in [1.82, 2.24) is 24.6 Å². The third-order valence-electron chi connectivity index (χ3n) is 6.52. The maximum atomic E-state index is 13.9. The molecular weight excluding hydrogens is 486 g/mol. The summed E-state index contributed by atoms with van der Waals surface area (Å²) in [6.07, 6.45) is -4.30. The highest BCUT2D eigenvalue weighted by atomic mass is 19.3. The van der Waals surface area contributed by atoms with E-state index in [0.717, 1.165) is 10.9 Å². The number of nitrogens with one attached hydrogen (secondary N) is 1. The first-order chi connectivity index (χ1) is 17.5. The molecule has 1 saturated heterocycles. The Morgan fingerprint density at radius 3 is 2.68 bits per heavy atom. The molecule has 0 spiro atoms. The largest absolute Gasteiger partial charge is 0.444 e. The third kappa shape index (κ3) is 4.67. The van der Waals surface area contributed by atoms with Gasteiger partial charge in [0.2, 0.25) is 0 Å². The number of nitrogens with zero attached hydrogens (tertiary/aromatic N) is 5. The molecule has 0 unspecified atom stereocenters. The van der Waals surface area contributed by atoms with Gasteiger partial charge in [-0.15, -0.1) is 0 Å². The molecule has 10 nitrogen and oxygen atoms in total. The van der Waals surface area contributed by atoms with Crippen LogP contribution >= 0.6 is 0 Å². The van der Waals surface area contributed by atoms with Crippen LogP contribution in [0.2, 0.25) is 0 Å². The summed E-state index contributed by atoms with van der Waals surface area (Å²) < 4.78 is 40.1. The Bertz CT molecular complexity index is 1350. The third-order valence-corrected chi connectivity index (χ3v) is 6.52. The number of cyclic esters (lactones) is 1. The summed E-state index contributed by atoms with van der Waals surface area (Å²) in [5.41, 5.74) is 0.771. The van der Waals surface area contributed by atoms with Gasteiger partial charge < -0.3 is 14.4 Å².